The average molecular weight is 234 g/mol. The van der Waals surface area contributed by atoms with Crippen LogP contribution in [0.2, 0.25) is 0 Å². The van der Waals surface area contributed by atoms with Crippen LogP contribution in [0.1, 0.15) is 25.3 Å². The van der Waals surface area contributed by atoms with E-state index in [0.717, 1.165) is 18.4 Å². The van der Waals surface area contributed by atoms with Gasteiger partial charge in [-0.1, -0.05) is 31.5 Å². The van der Waals surface area contributed by atoms with Crippen LogP contribution in [-0.4, -0.2) is 19.7 Å². The molecule has 3 nitrogen and oxygen atoms in total. The van der Waals surface area contributed by atoms with E-state index in [1.54, 1.807) is 7.11 Å². The molecule has 1 atom stereocenters. The lowest BCUT2D eigenvalue weighted by molar-refractivity contribution is -0.151. The highest BCUT2D eigenvalue weighted by Gasteiger charge is 2.43. The Bertz CT molecular complexity index is 406. The zero-order valence-corrected chi connectivity index (χ0v) is 10.4. The number of carbonyl (C=O) groups is 1. The first-order valence-corrected chi connectivity index (χ1v) is 6.01. The minimum atomic E-state index is -0.502. The van der Waals surface area contributed by atoms with Crippen molar-refractivity contribution in [2.45, 2.75) is 26.2 Å². The molecule has 0 unspecified atom stereocenters. The smallest absolute Gasteiger partial charge is 0.320 e. The number of fused-ring (bicyclic) bond motifs is 1. The molecule has 0 bridgehead atoms. The second-order valence-corrected chi connectivity index (χ2v) is 4.64. The quantitative estimate of drug-likeness (QED) is 0.593. The molecule has 0 saturated carbocycles. The van der Waals surface area contributed by atoms with E-state index in [-0.39, 0.29) is 5.97 Å². The Kier molecular flexibility index (Phi) is 3.48. The molecule has 1 aliphatic rings. The van der Waals surface area contributed by atoms with Crippen molar-refractivity contribution >= 4 is 5.97 Å². The first-order chi connectivity index (χ1) is 8.22. The summed E-state index contributed by atoms with van der Waals surface area (Å²) in [7, 11) is 1.63. The molecule has 0 aromatic heterocycles. The van der Waals surface area contributed by atoms with Gasteiger partial charge in [-0.3, -0.25) is 4.79 Å². The van der Waals surface area contributed by atoms with Crippen molar-refractivity contribution in [2.75, 3.05) is 13.7 Å². The van der Waals surface area contributed by atoms with E-state index in [4.69, 9.17) is 9.47 Å². The molecule has 1 aliphatic heterocycles. The van der Waals surface area contributed by atoms with E-state index >= 15 is 0 Å². The lowest BCUT2D eigenvalue weighted by atomic mass is 9.77. The van der Waals surface area contributed by atoms with Crippen molar-refractivity contribution in [1.29, 1.82) is 0 Å². The molecule has 0 amide bonds. The predicted molar refractivity (Wildman–Crippen MR) is 65.0 cm³/mol. The average Bonchev–Trinajstić information content (AvgIpc) is 2.31. The van der Waals surface area contributed by atoms with E-state index in [1.165, 1.54) is 0 Å². The Morgan fingerprint density at radius 2 is 2.18 bits per heavy atom. The van der Waals surface area contributed by atoms with E-state index in [9.17, 15) is 4.79 Å². The summed E-state index contributed by atoms with van der Waals surface area (Å²) in [6.07, 6.45) is 2.46. The van der Waals surface area contributed by atoms with Gasteiger partial charge in [0.1, 0.15) is 5.75 Å². The third kappa shape index (κ3) is 2.20. The van der Waals surface area contributed by atoms with Gasteiger partial charge in [-0.2, -0.15) is 0 Å². The Labute approximate surface area is 102 Å². The van der Waals surface area contributed by atoms with Gasteiger partial charge in [-0.15, -0.1) is 0 Å². The fourth-order valence-corrected chi connectivity index (χ4v) is 2.52. The minimum absolute atomic E-state index is 0.153. The SMILES string of the molecule is CCC[C@]1(COC)Cc2ccccc2OC1=O. The maximum atomic E-state index is 12.2. The van der Waals surface area contributed by atoms with Gasteiger partial charge in [0, 0.05) is 7.11 Å². The molecule has 0 aliphatic carbocycles. The monoisotopic (exact) mass is 234 g/mol. The van der Waals surface area contributed by atoms with Crippen LogP contribution < -0.4 is 4.74 Å². The van der Waals surface area contributed by atoms with Crippen molar-refractivity contribution in [3.63, 3.8) is 0 Å². The molecule has 0 saturated heterocycles. The van der Waals surface area contributed by atoms with Gasteiger partial charge >= 0.3 is 5.97 Å². The number of ether oxygens (including phenoxy) is 2. The molecule has 3 heteroatoms. The van der Waals surface area contributed by atoms with Crippen LogP contribution in [0.25, 0.3) is 0 Å². The maximum Gasteiger partial charge on any atom is 0.320 e. The molecular formula is C14H18O3. The minimum Gasteiger partial charge on any atom is -0.426 e. The van der Waals surface area contributed by atoms with Crippen LogP contribution in [-0.2, 0) is 16.0 Å². The van der Waals surface area contributed by atoms with Crippen molar-refractivity contribution < 1.29 is 14.3 Å². The summed E-state index contributed by atoms with van der Waals surface area (Å²) in [6.45, 7) is 2.50. The normalized spacial score (nSPS) is 23.1. The van der Waals surface area contributed by atoms with Crippen LogP contribution in [0.4, 0.5) is 0 Å². The zero-order valence-electron chi connectivity index (χ0n) is 10.4. The van der Waals surface area contributed by atoms with Crippen molar-refractivity contribution in [2.24, 2.45) is 5.41 Å². The Balaban J connectivity index is 2.33. The maximum absolute atomic E-state index is 12.2. The molecule has 0 N–H and O–H groups in total. The molecule has 0 radical (unpaired) electrons. The number of hydrogen-bond acceptors (Lipinski definition) is 3. The number of esters is 1. The third-order valence-corrected chi connectivity index (χ3v) is 3.29. The van der Waals surface area contributed by atoms with Crippen LogP contribution in [0.3, 0.4) is 0 Å². The second-order valence-electron chi connectivity index (χ2n) is 4.64. The standard InChI is InChI=1S/C14H18O3/c1-3-8-14(10-16-2)9-11-6-4-5-7-12(11)17-13(14)15/h4-7H,3,8-10H2,1-2H3/t14-/m1/s1. The molecule has 0 spiro atoms. The largest absolute Gasteiger partial charge is 0.426 e. The summed E-state index contributed by atoms with van der Waals surface area (Å²) in [5.74, 6) is 0.542. The van der Waals surface area contributed by atoms with Gasteiger partial charge in [0.25, 0.3) is 0 Å². The van der Waals surface area contributed by atoms with Gasteiger partial charge in [0.15, 0.2) is 0 Å². The fraction of sp³-hybridized carbons (Fsp3) is 0.500. The molecule has 0 fully saturated rings. The van der Waals surface area contributed by atoms with Crippen LogP contribution in [0, 0.1) is 5.41 Å². The van der Waals surface area contributed by atoms with Crippen molar-refractivity contribution in [3.8, 4) is 5.75 Å². The Hall–Kier alpha value is -1.35. The van der Waals surface area contributed by atoms with Crippen molar-refractivity contribution in [3.05, 3.63) is 29.8 Å². The highest BCUT2D eigenvalue weighted by atomic mass is 16.5. The van der Waals surface area contributed by atoms with Gasteiger partial charge in [0.2, 0.25) is 0 Å². The van der Waals surface area contributed by atoms with E-state index < -0.39 is 5.41 Å². The summed E-state index contributed by atoms with van der Waals surface area (Å²) in [4.78, 5) is 12.2. The summed E-state index contributed by atoms with van der Waals surface area (Å²) in [5.41, 5.74) is 0.593. The molecule has 17 heavy (non-hydrogen) atoms. The summed E-state index contributed by atoms with van der Waals surface area (Å²) in [6, 6.07) is 7.72. The van der Waals surface area contributed by atoms with Gasteiger partial charge in [-0.05, 0) is 24.5 Å². The molecule has 1 aromatic rings. The van der Waals surface area contributed by atoms with E-state index in [0.29, 0.717) is 18.8 Å². The number of benzene rings is 1. The van der Waals surface area contributed by atoms with E-state index in [1.807, 2.05) is 24.3 Å². The van der Waals surface area contributed by atoms with Crippen molar-refractivity contribution in [1.82, 2.24) is 0 Å². The van der Waals surface area contributed by atoms with Crippen LogP contribution >= 0.6 is 0 Å². The van der Waals surface area contributed by atoms with Gasteiger partial charge < -0.3 is 9.47 Å². The number of methoxy groups -OCH3 is 1. The lowest BCUT2D eigenvalue weighted by Crippen LogP contribution is -2.43. The Morgan fingerprint density at radius 1 is 1.41 bits per heavy atom. The van der Waals surface area contributed by atoms with E-state index in [2.05, 4.69) is 6.92 Å². The van der Waals surface area contributed by atoms with Gasteiger partial charge in [0.05, 0.1) is 12.0 Å². The first kappa shape index (κ1) is 12.1. The predicted octanol–water partition coefficient (Wildman–Crippen LogP) is 2.58. The first-order valence-electron chi connectivity index (χ1n) is 6.01. The lowest BCUT2D eigenvalue weighted by Gasteiger charge is -2.34. The number of hydrogen-bond donors (Lipinski definition) is 0. The zero-order chi connectivity index (χ0) is 12.3. The highest BCUT2D eigenvalue weighted by molar-refractivity contribution is 5.82. The van der Waals surface area contributed by atoms with Gasteiger partial charge in [-0.25, -0.2) is 0 Å². The molecule has 1 aromatic carbocycles. The molecule has 1 heterocycles. The highest BCUT2D eigenvalue weighted by Crippen LogP contribution is 2.38. The summed E-state index contributed by atoms with van der Waals surface area (Å²) < 4.78 is 10.7. The third-order valence-electron chi connectivity index (χ3n) is 3.29. The summed E-state index contributed by atoms with van der Waals surface area (Å²) >= 11 is 0. The fourth-order valence-electron chi connectivity index (χ4n) is 2.52. The molecule has 92 valence electrons. The number of rotatable bonds is 4. The summed E-state index contributed by atoms with van der Waals surface area (Å²) in [5, 5.41) is 0. The van der Waals surface area contributed by atoms with Crippen LogP contribution in [0.15, 0.2) is 24.3 Å². The molecular weight excluding hydrogens is 216 g/mol. The molecule has 2 rings (SSSR count). The van der Waals surface area contributed by atoms with Crippen LogP contribution in [0.5, 0.6) is 5.75 Å². The number of carbonyl (C=O) groups excluding carboxylic acids is 1. The second kappa shape index (κ2) is 4.88. The Morgan fingerprint density at radius 3 is 2.88 bits per heavy atom. The topological polar surface area (TPSA) is 35.5 Å². The number of para-hydroxylation sites is 1.